The zero-order valence-electron chi connectivity index (χ0n) is 14.1. The van der Waals surface area contributed by atoms with Crippen LogP contribution < -0.4 is 0 Å². The van der Waals surface area contributed by atoms with Crippen molar-refractivity contribution < 1.29 is 27.5 Å². The van der Waals surface area contributed by atoms with E-state index in [4.69, 9.17) is 4.74 Å². The normalized spacial score (nSPS) is 22.8. The van der Waals surface area contributed by atoms with Crippen LogP contribution in [0.1, 0.15) is 34.1 Å². The Kier molecular flexibility index (Phi) is 5.15. The van der Waals surface area contributed by atoms with Gasteiger partial charge in [-0.15, -0.1) is 0 Å². The Bertz CT molecular complexity index is 717. The van der Waals surface area contributed by atoms with Crippen molar-refractivity contribution in [3.05, 3.63) is 11.5 Å². The molecule has 0 spiro atoms. The van der Waals surface area contributed by atoms with E-state index in [0.717, 1.165) is 16.7 Å². The topological polar surface area (TPSA) is 97.8 Å². The van der Waals surface area contributed by atoms with E-state index >= 15 is 0 Å². The Morgan fingerprint density at radius 3 is 2.46 bits per heavy atom. The van der Waals surface area contributed by atoms with Crippen LogP contribution in [-0.4, -0.2) is 53.6 Å². The lowest BCUT2D eigenvalue weighted by atomic mass is 9.91. The third-order valence-corrected chi connectivity index (χ3v) is 6.70. The molecule has 2 aliphatic rings. The highest BCUT2D eigenvalue weighted by molar-refractivity contribution is 8.13. The molecule has 134 valence electrons. The van der Waals surface area contributed by atoms with Crippen LogP contribution >= 0.6 is 11.8 Å². The second-order valence-corrected chi connectivity index (χ2v) is 10.2. The van der Waals surface area contributed by atoms with Gasteiger partial charge in [-0.3, -0.25) is 19.3 Å². The minimum atomic E-state index is -3.50. The molecular weight excluding hydrogens is 354 g/mol. The molecule has 1 saturated heterocycles. The fraction of sp³-hybridized carbons (Fsp3) is 0.667. The summed E-state index contributed by atoms with van der Waals surface area (Å²) in [4.78, 5) is 36.2. The van der Waals surface area contributed by atoms with Crippen LogP contribution in [0, 0.1) is 5.41 Å². The Morgan fingerprint density at radius 2 is 1.96 bits per heavy atom. The fourth-order valence-corrected chi connectivity index (χ4v) is 4.87. The van der Waals surface area contributed by atoms with Crippen molar-refractivity contribution in [2.45, 2.75) is 39.5 Å². The van der Waals surface area contributed by atoms with Gasteiger partial charge in [0.1, 0.15) is 6.61 Å². The number of ketones is 1. The maximum absolute atomic E-state index is 12.2. The maximum atomic E-state index is 12.2. The number of β-lactam (4-membered cyclic amide) rings is 1. The Morgan fingerprint density at radius 1 is 1.33 bits per heavy atom. The van der Waals surface area contributed by atoms with Gasteiger partial charge in [0.25, 0.3) is 0 Å². The predicted octanol–water partition coefficient (Wildman–Crippen LogP) is 1.10. The number of hydrogen-bond donors (Lipinski definition) is 0. The van der Waals surface area contributed by atoms with Crippen molar-refractivity contribution in [2.24, 2.45) is 5.41 Å². The summed E-state index contributed by atoms with van der Waals surface area (Å²) in [6.07, 6.45) is -0.0739. The lowest BCUT2D eigenvalue weighted by molar-refractivity contribution is -0.145. The molecule has 0 aromatic heterocycles. The van der Waals surface area contributed by atoms with Gasteiger partial charge >= 0.3 is 0 Å². The highest BCUT2D eigenvalue weighted by Crippen LogP contribution is 2.37. The molecular formula is C15H21NO6S2. The monoisotopic (exact) mass is 375 g/mol. The van der Waals surface area contributed by atoms with Crippen molar-refractivity contribution in [1.82, 2.24) is 4.90 Å². The molecule has 2 aliphatic heterocycles. The van der Waals surface area contributed by atoms with E-state index < -0.39 is 20.6 Å². The number of amides is 1. The number of sulfone groups is 1. The fourth-order valence-electron chi connectivity index (χ4n) is 2.30. The first-order valence-electron chi connectivity index (χ1n) is 7.48. The third-order valence-electron chi connectivity index (χ3n) is 3.84. The summed E-state index contributed by atoms with van der Waals surface area (Å²) in [5, 5.41) is -1.09. The van der Waals surface area contributed by atoms with Crippen molar-refractivity contribution in [2.75, 3.05) is 18.1 Å². The van der Waals surface area contributed by atoms with Gasteiger partial charge in [0.05, 0.1) is 12.2 Å². The lowest BCUT2D eigenvalue weighted by Crippen LogP contribution is -2.59. The molecule has 1 atom stereocenters. The molecule has 0 radical (unpaired) electrons. The zero-order valence-corrected chi connectivity index (χ0v) is 15.8. The van der Waals surface area contributed by atoms with E-state index in [-0.39, 0.29) is 47.2 Å². The summed E-state index contributed by atoms with van der Waals surface area (Å²) in [5.74, 6) is -0.541. The number of fused-ring (bicyclic) bond motifs is 1. The number of ether oxygens (including phenoxy) is 1. The molecule has 9 heteroatoms. The summed E-state index contributed by atoms with van der Waals surface area (Å²) in [6, 6.07) is 0. The molecule has 1 amide bonds. The van der Waals surface area contributed by atoms with Gasteiger partial charge in [-0.1, -0.05) is 32.5 Å². The van der Waals surface area contributed by atoms with E-state index in [9.17, 15) is 22.8 Å². The zero-order chi connectivity index (χ0) is 18.3. The Labute approximate surface area is 145 Å². The van der Waals surface area contributed by atoms with Gasteiger partial charge in [0.2, 0.25) is 5.91 Å². The standard InChI is InChI=1S/C15H21NO6S2/c1-9(17)23-7-10-8-24(20,21)13-5-12(19)16(13)14(10)22-6-11(18)15(2,3)4/h13H,5-8H2,1-4H3/t13-/m1/s1. The van der Waals surface area contributed by atoms with Crippen molar-refractivity contribution in [1.29, 1.82) is 0 Å². The van der Waals surface area contributed by atoms with Crippen LogP contribution in [0.4, 0.5) is 0 Å². The van der Waals surface area contributed by atoms with Crippen LogP contribution in [0.3, 0.4) is 0 Å². The summed E-state index contributed by atoms with van der Waals surface area (Å²) < 4.78 is 30.0. The van der Waals surface area contributed by atoms with Gasteiger partial charge in [-0.2, -0.15) is 0 Å². The molecule has 0 unspecified atom stereocenters. The highest BCUT2D eigenvalue weighted by Gasteiger charge is 2.52. The molecule has 0 bridgehead atoms. The molecule has 0 aromatic carbocycles. The predicted molar refractivity (Wildman–Crippen MR) is 89.6 cm³/mol. The minimum absolute atomic E-state index is 0.0739. The Balaban J connectivity index is 2.29. The number of nitrogens with zero attached hydrogens (tertiary/aromatic N) is 1. The minimum Gasteiger partial charge on any atom is -0.471 e. The Hall–Kier alpha value is -1.35. The number of rotatable bonds is 5. The molecule has 1 fully saturated rings. The van der Waals surface area contributed by atoms with Crippen LogP contribution in [-0.2, 0) is 29.0 Å². The molecule has 0 N–H and O–H groups in total. The van der Waals surface area contributed by atoms with Gasteiger partial charge in [0.15, 0.2) is 32.0 Å². The van der Waals surface area contributed by atoms with Crippen LogP contribution in [0.25, 0.3) is 0 Å². The van der Waals surface area contributed by atoms with Crippen LogP contribution in [0.15, 0.2) is 11.5 Å². The van der Waals surface area contributed by atoms with Gasteiger partial charge in [-0.05, 0) is 0 Å². The SMILES string of the molecule is CC(=O)SCC1=C(OCC(=O)C(C)(C)C)N2C(=O)C[C@H]2S(=O)(=O)C1. The maximum Gasteiger partial charge on any atom is 0.233 e. The second kappa shape index (κ2) is 6.51. The second-order valence-electron chi connectivity index (χ2n) is 6.88. The molecule has 24 heavy (non-hydrogen) atoms. The lowest BCUT2D eigenvalue weighted by Gasteiger charge is -2.44. The third kappa shape index (κ3) is 3.83. The van der Waals surface area contributed by atoms with Crippen LogP contribution in [0.2, 0.25) is 0 Å². The van der Waals surface area contributed by atoms with E-state index in [1.54, 1.807) is 20.8 Å². The summed E-state index contributed by atoms with van der Waals surface area (Å²) in [7, 11) is -3.50. The number of Topliss-reactive ketones (excluding diaryl/α,β-unsaturated/α-hetero) is 1. The van der Waals surface area contributed by atoms with E-state index in [2.05, 4.69) is 0 Å². The van der Waals surface area contributed by atoms with Crippen molar-refractivity contribution in [3.63, 3.8) is 0 Å². The van der Waals surface area contributed by atoms with Gasteiger partial charge in [0, 0.05) is 23.7 Å². The molecule has 0 aromatic rings. The highest BCUT2D eigenvalue weighted by atomic mass is 32.2. The van der Waals surface area contributed by atoms with E-state index in [0.29, 0.717) is 5.57 Å². The number of thioether (sulfide) groups is 1. The van der Waals surface area contributed by atoms with Gasteiger partial charge in [-0.25, -0.2) is 8.42 Å². The summed E-state index contributed by atoms with van der Waals surface area (Å²) in [6.45, 7) is 6.39. The molecule has 0 saturated carbocycles. The number of hydrogen-bond acceptors (Lipinski definition) is 7. The first kappa shape index (κ1) is 19.0. The van der Waals surface area contributed by atoms with Gasteiger partial charge < -0.3 is 4.74 Å². The first-order chi connectivity index (χ1) is 10.9. The van der Waals surface area contributed by atoms with Crippen LogP contribution in [0.5, 0.6) is 0 Å². The largest absolute Gasteiger partial charge is 0.471 e. The first-order valence-corrected chi connectivity index (χ1v) is 10.2. The summed E-state index contributed by atoms with van der Waals surface area (Å²) in [5.41, 5.74) is -0.255. The average molecular weight is 375 g/mol. The molecule has 7 nitrogen and oxygen atoms in total. The number of carbonyl (C=O) groups excluding carboxylic acids is 3. The smallest absolute Gasteiger partial charge is 0.233 e. The summed E-state index contributed by atoms with van der Waals surface area (Å²) >= 11 is 0.947. The average Bonchev–Trinajstić information content (AvgIpc) is 2.42. The molecule has 2 heterocycles. The van der Waals surface area contributed by atoms with E-state index in [1.807, 2.05) is 0 Å². The number of carbonyl (C=O) groups is 3. The van der Waals surface area contributed by atoms with Crippen molar-refractivity contribution >= 4 is 38.4 Å². The molecule has 0 aliphatic carbocycles. The quantitative estimate of drug-likeness (QED) is 0.664. The van der Waals surface area contributed by atoms with Crippen molar-refractivity contribution in [3.8, 4) is 0 Å². The van der Waals surface area contributed by atoms with E-state index in [1.165, 1.54) is 6.92 Å². The molecule has 2 rings (SSSR count).